The van der Waals surface area contributed by atoms with Crippen LogP contribution in [0.25, 0.3) is 10.9 Å². The molecule has 2 amide bonds. The number of halogens is 5. The molecule has 0 saturated carbocycles. The molecule has 8 nitrogen and oxygen atoms in total. The number of para-hydroxylation sites is 1. The zero-order valence-corrected chi connectivity index (χ0v) is 22.1. The van der Waals surface area contributed by atoms with E-state index in [0.717, 1.165) is 5.56 Å². The Kier molecular flexibility index (Phi) is 8.71. The van der Waals surface area contributed by atoms with Crippen molar-refractivity contribution in [3.63, 3.8) is 0 Å². The molecule has 5 N–H and O–H groups in total. The van der Waals surface area contributed by atoms with Crippen LogP contribution < -0.4 is 10.6 Å². The third-order valence-electron chi connectivity index (χ3n) is 7.49. The van der Waals surface area contributed by atoms with E-state index in [9.17, 15) is 41.8 Å². The third-order valence-corrected chi connectivity index (χ3v) is 7.49. The number of hydrogen-bond donors (Lipinski definition) is 5. The lowest BCUT2D eigenvalue weighted by Crippen LogP contribution is -2.68. The Labute approximate surface area is 232 Å². The summed E-state index contributed by atoms with van der Waals surface area (Å²) < 4.78 is 68.7. The number of likely N-dealkylation sites (N-methyl/N-ethyl adjacent to an activating group) is 1. The first-order valence-corrected chi connectivity index (χ1v) is 13.0. The van der Waals surface area contributed by atoms with Crippen molar-refractivity contribution >= 4 is 22.7 Å². The van der Waals surface area contributed by atoms with Gasteiger partial charge in [-0.25, -0.2) is 0 Å². The van der Waals surface area contributed by atoms with Crippen molar-refractivity contribution in [2.45, 2.75) is 61.7 Å². The van der Waals surface area contributed by atoms with Gasteiger partial charge in [0.1, 0.15) is 6.04 Å². The number of amides is 2. The number of aromatic amines is 1. The number of aliphatic hydroxyl groups is 2. The van der Waals surface area contributed by atoms with Crippen molar-refractivity contribution < 1.29 is 41.8 Å². The summed E-state index contributed by atoms with van der Waals surface area (Å²) in [5.74, 6) is -12.2. The van der Waals surface area contributed by atoms with Crippen LogP contribution in [0.2, 0.25) is 0 Å². The minimum atomic E-state index is -6.33. The molecule has 1 aliphatic heterocycles. The van der Waals surface area contributed by atoms with Gasteiger partial charge in [-0.15, -0.1) is 0 Å². The first-order valence-electron chi connectivity index (χ1n) is 13.0. The molecule has 1 aliphatic rings. The highest BCUT2D eigenvalue weighted by atomic mass is 19.4. The Bertz CT molecular complexity index is 1360. The SMILES string of the molecule is CN[C@H](Cc1ccccc1)C(=O)N1CCC[C@H]1C(=O)N[C@@H](Cc1c[nH]c2ccccc12)C(O)(O)C(F)(F)C(F)(F)F. The molecule has 3 aromatic rings. The lowest BCUT2D eigenvalue weighted by atomic mass is 9.92. The molecular weight excluding hydrogens is 551 g/mol. The molecule has 13 heteroatoms. The first-order chi connectivity index (χ1) is 19.3. The van der Waals surface area contributed by atoms with Gasteiger partial charge in [-0.05, 0) is 43.5 Å². The van der Waals surface area contributed by atoms with Gasteiger partial charge in [-0.2, -0.15) is 22.0 Å². The maximum atomic E-state index is 14.4. The van der Waals surface area contributed by atoms with E-state index in [0.29, 0.717) is 23.7 Å². The van der Waals surface area contributed by atoms with Gasteiger partial charge in [0, 0.05) is 30.1 Å². The lowest BCUT2D eigenvalue weighted by molar-refractivity contribution is -0.400. The van der Waals surface area contributed by atoms with E-state index in [1.807, 2.05) is 23.5 Å². The Morgan fingerprint density at radius 2 is 1.68 bits per heavy atom. The van der Waals surface area contributed by atoms with Crippen molar-refractivity contribution in [2.75, 3.05) is 13.6 Å². The molecule has 0 aliphatic carbocycles. The smallest absolute Gasteiger partial charge is 0.361 e. The highest BCUT2D eigenvalue weighted by Crippen LogP contribution is 2.44. The van der Waals surface area contributed by atoms with E-state index in [4.69, 9.17) is 0 Å². The zero-order valence-electron chi connectivity index (χ0n) is 22.1. The fourth-order valence-corrected chi connectivity index (χ4v) is 5.18. The van der Waals surface area contributed by atoms with Crippen molar-refractivity contribution in [3.05, 3.63) is 71.9 Å². The number of benzene rings is 2. The van der Waals surface area contributed by atoms with E-state index in [1.54, 1.807) is 43.4 Å². The molecule has 0 bridgehead atoms. The van der Waals surface area contributed by atoms with E-state index >= 15 is 0 Å². The molecule has 1 saturated heterocycles. The normalized spacial score (nSPS) is 18.0. The number of rotatable bonds is 10. The van der Waals surface area contributed by atoms with Crippen LogP contribution in [0.3, 0.4) is 0 Å². The molecular formula is C28H31F5N4O4. The van der Waals surface area contributed by atoms with E-state index in [-0.39, 0.29) is 18.5 Å². The predicted octanol–water partition coefficient (Wildman–Crippen LogP) is 2.90. The third kappa shape index (κ3) is 6.07. The van der Waals surface area contributed by atoms with Gasteiger partial charge in [0.2, 0.25) is 11.8 Å². The molecule has 2 aromatic carbocycles. The van der Waals surface area contributed by atoms with Crippen molar-refractivity contribution in [1.29, 1.82) is 0 Å². The van der Waals surface area contributed by atoms with Crippen LogP contribution in [0.15, 0.2) is 60.8 Å². The van der Waals surface area contributed by atoms with Crippen molar-refractivity contribution in [2.24, 2.45) is 0 Å². The fraction of sp³-hybridized carbons (Fsp3) is 0.429. The van der Waals surface area contributed by atoms with Crippen LogP contribution in [0.5, 0.6) is 0 Å². The summed E-state index contributed by atoms with van der Waals surface area (Å²) in [6.45, 7) is 0.152. The largest absolute Gasteiger partial charge is 0.459 e. The Morgan fingerprint density at radius 3 is 2.34 bits per heavy atom. The highest BCUT2D eigenvalue weighted by Gasteiger charge is 2.72. The van der Waals surface area contributed by atoms with Gasteiger partial charge in [0.15, 0.2) is 0 Å². The van der Waals surface area contributed by atoms with Crippen LogP contribution in [0.4, 0.5) is 22.0 Å². The summed E-state index contributed by atoms with van der Waals surface area (Å²) in [6, 6.07) is 11.1. The second-order valence-corrected chi connectivity index (χ2v) is 10.1. The molecule has 2 heterocycles. The second-order valence-electron chi connectivity index (χ2n) is 10.1. The van der Waals surface area contributed by atoms with E-state index < -0.39 is 54.2 Å². The maximum Gasteiger partial charge on any atom is 0.459 e. The summed E-state index contributed by atoms with van der Waals surface area (Å²) in [5, 5.41) is 26.0. The van der Waals surface area contributed by atoms with Gasteiger partial charge in [0.25, 0.3) is 5.79 Å². The number of nitrogens with one attached hydrogen (secondary N) is 3. The Balaban J connectivity index is 1.60. The van der Waals surface area contributed by atoms with Crippen molar-refractivity contribution in [1.82, 2.24) is 20.5 Å². The predicted molar refractivity (Wildman–Crippen MR) is 140 cm³/mol. The summed E-state index contributed by atoms with van der Waals surface area (Å²) in [4.78, 5) is 30.8. The number of H-pyrrole nitrogens is 1. The number of nitrogens with zero attached hydrogens (tertiary/aromatic N) is 1. The quantitative estimate of drug-likeness (QED) is 0.186. The monoisotopic (exact) mass is 582 g/mol. The number of likely N-dealkylation sites (tertiary alicyclic amines) is 1. The zero-order chi connectivity index (χ0) is 30.0. The van der Waals surface area contributed by atoms with Crippen LogP contribution in [0.1, 0.15) is 24.0 Å². The Hall–Kier alpha value is -3.55. The molecule has 3 atom stereocenters. The maximum absolute atomic E-state index is 14.4. The second kappa shape index (κ2) is 11.7. The molecule has 41 heavy (non-hydrogen) atoms. The van der Waals surface area contributed by atoms with Crippen LogP contribution in [-0.4, -0.2) is 81.5 Å². The number of fused-ring (bicyclic) bond motifs is 1. The lowest BCUT2D eigenvalue weighted by Gasteiger charge is -2.39. The standard InChI is InChI=1S/C28H31F5N4O4/c1-34-21(14-17-8-3-2-4-9-17)25(39)37-13-7-12-22(37)24(38)36-23(26(40,41)27(29,30)28(31,32)33)15-18-16-35-20-11-6-5-10-19(18)20/h2-6,8-11,16,21-23,34-35,40-41H,7,12-15H2,1H3,(H,36,38)/t21-,22+,23+/m1/s1. The van der Waals surface area contributed by atoms with Crippen LogP contribution in [0, 0.1) is 0 Å². The number of carbonyl (C=O) groups is 2. The number of alkyl halides is 5. The molecule has 0 radical (unpaired) electrons. The molecule has 0 spiro atoms. The fourth-order valence-electron chi connectivity index (χ4n) is 5.18. The van der Waals surface area contributed by atoms with E-state index in [1.165, 1.54) is 11.1 Å². The first kappa shape index (κ1) is 30.4. The molecule has 0 unspecified atom stereocenters. The van der Waals surface area contributed by atoms with Gasteiger partial charge >= 0.3 is 12.1 Å². The van der Waals surface area contributed by atoms with Gasteiger partial charge in [0.05, 0.1) is 12.1 Å². The average Bonchev–Trinajstić information content (AvgIpc) is 3.58. The molecule has 222 valence electrons. The highest BCUT2D eigenvalue weighted by molar-refractivity contribution is 5.91. The molecule has 4 rings (SSSR count). The van der Waals surface area contributed by atoms with Gasteiger partial charge in [-0.3, -0.25) is 9.59 Å². The number of aromatic nitrogens is 1. The van der Waals surface area contributed by atoms with Crippen LogP contribution >= 0.6 is 0 Å². The summed E-state index contributed by atoms with van der Waals surface area (Å²) in [5.41, 5.74) is 1.55. The summed E-state index contributed by atoms with van der Waals surface area (Å²) in [6.07, 6.45) is -5.00. The molecule has 1 aromatic heterocycles. The topological polar surface area (TPSA) is 118 Å². The van der Waals surface area contributed by atoms with Crippen LogP contribution in [-0.2, 0) is 22.4 Å². The van der Waals surface area contributed by atoms with Crippen molar-refractivity contribution in [3.8, 4) is 0 Å². The minimum Gasteiger partial charge on any atom is -0.361 e. The number of hydrogen-bond acceptors (Lipinski definition) is 5. The van der Waals surface area contributed by atoms with Gasteiger partial charge in [-0.1, -0.05) is 48.5 Å². The average molecular weight is 583 g/mol. The summed E-state index contributed by atoms with van der Waals surface area (Å²) in [7, 11) is 1.57. The Morgan fingerprint density at radius 1 is 1.02 bits per heavy atom. The molecule has 1 fully saturated rings. The number of carbonyl (C=O) groups excluding carboxylic acids is 2. The minimum absolute atomic E-state index is 0.110. The van der Waals surface area contributed by atoms with E-state index in [2.05, 4.69) is 10.3 Å². The van der Waals surface area contributed by atoms with Gasteiger partial charge < -0.3 is 30.7 Å². The summed E-state index contributed by atoms with van der Waals surface area (Å²) >= 11 is 0.